The Morgan fingerprint density at radius 1 is 1.24 bits per heavy atom. The first-order valence-electron chi connectivity index (χ1n) is 9.00. The van der Waals surface area contributed by atoms with Crippen molar-refractivity contribution in [3.05, 3.63) is 35.4 Å². The molecule has 1 aliphatic rings. The van der Waals surface area contributed by atoms with E-state index in [1.165, 1.54) is 29.7 Å². The number of thioether (sulfide) groups is 1. The van der Waals surface area contributed by atoms with Crippen molar-refractivity contribution in [2.45, 2.75) is 58.1 Å². The molecule has 1 aromatic carbocycles. The fourth-order valence-corrected chi connectivity index (χ4v) is 3.73. The molecule has 4 nitrogen and oxygen atoms in total. The van der Waals surface area contributed by atoms with Crippen LogP contribution in [0.5, 0.6) is 0 Å². The number of halogens is 1. The lowest BCUT2D eigenvalue weighted by Crippen LogP contribution is -2.40. The van der Waals surface area contributed by atoms with Crippen LogP contribution in [0.25, 0.3) is 0 Å². The van der Waals surface area contributed by atoms with E-state index in [1.54, 1.807) is 0 Å². The smallest absolute Gasteiger partial charge is 0.191 e. The second-order valence-electron chi connectivity index (χ2n) is 6.39. The average Bonchev–Trinajstić information content (AvgIpc) is 3.10. The van der Waals surface area contributed by atoms with Crippen molar-refractivity contribution < 1.29 is 4.74 Å². The molecule has 1 atom stereocenters. The molecule has 1 fully saturated rings. The molecule has 0 aromatic heterocycles. The van der Waals surface area contributed by atoms with Crippen LogP contribution in [-0.4, -0.2) is 36.2 Å². The number of hydrogen-bond donors (Lipinski definition) is 2. The Morgan fingerprint density at radius 2 is 1.96 bits per heavy atom. The number of nitrogens with one attached hydrogen (secondary N) is 2. The summed E-state index contributed by atoms with van der Waals surface area (Å²) in [6.07, 6.45) is 2.93. The molecule has 142 valence electrons. The minimum Gasteiger partial charge on any atom is -0.374 e. The second-order valence-corrected chi connectivity index (χ2v) is 7.80. The van der Waals surface area contributed by atoms with E-state index < -0.39 is 0 Å². The fourth-order valence-electron chi connectivity index (χ4n) is 2.53. The normalized spacial score (nSPS) is 17.4. The van der Waals surface area contributed by atoms with Gasteiger partial charge in [0.1, 0.15) is 0 Å². The number of benzene rings is 1. The first-order chi connectivity index (χ1) is 11.7. The van der Waals surface area contributed by atoms with Crippen LogP contribution in [0.2, 0.25) is 0 Å². The number of nitrogens with zero attached hydrogens (tertiary/aromatic N) is 1. The topological polar surface area (TPSA) is 45.7 Å². The van der Waals surface area contributed by atoms with E-state index in [0.29, 0.717) is 13.2 Å². The van der Waals surface area contributed by atoms with Gasteiger partial charge < -0.3 is 15.4 Å². The number of guanidine groups is 1. The summed E-state index contributed by atoms with van der Waals surface area (Å²) in [5, 5.41) is 7.54. The second kappa shape index (κ2) is 12.8. The molecular formula is C19H32IN3OS. The molecule has 0 saturated carbocycles. The maximum absolute atomic E-state index is 5.63. The number of ether oxygens (including phenoxy) is 1. The Labute approximate surface area is 174 Å². The van der Waals surface area contributed by atoms with E-state index in [0.717, 1.165) is 24.3 Å². The molecule has 25 heavy (non-hydrogen) atoms. The van der Waals surface area contributed by atoms with Gasteiger partial charge in [0, 0.05) is 18.3 Å². The molecule has 2 rings (SSSR count). The highest BCUT2D eigenvalue weighted by Gasteiger charge is 2.15. The molecule has 1 saturated heterocycles. The van der Waals surface area contributed by atoms with Crippen LogP contribution < -0.4 is 10.6 Å². The van der Waals surface area contributed by atoms with E-state index in [1.807, 2.05) is 0 Å². The summed E-state index contributed by atoms with van der Waals surface area (Å²) in [5.74, 6) is 2.21. The molecule has 0 spiro atoms. The maximum Gasteiger partial charge on any atom is 0.191 e. The fraction of sp³-hybridized carbons (Fsp3) is 0.632. The lowest BCUT2D eigenvalue weighted by atomic mass is 10.1. The SMILES string of the molecule is CCNC(=NCc1ccc(COC(C)C)cc1)NCC1CCCS1.I. The zero-order valence-electron chi connectivity index (χ0n) is 15.6. The van der Waals surface area contributed by atoms with Crippen LogP contribution in [0.1, 0.15) is 44.7 Å². The lowest BCUT2D eigenvalue weighted by Gasteiger charge is -2.14. The molecule has 0 amide bonds. The predicted molar refractivity (Wildman–Crippen MR) is 120 cm³/mol. The van der Waals surface area contributed by atoms with Gasteiger partial charge in [-0.3, -0.25) is 0 Å². The van der Waals surface area contributed by atoms with Crippen LogP contribution in [0.3, 0.4) is 0 Å². The molecule has 1 unspecified atom stereocenters. The highest BCUT2D eigenvalue weighted by Crippen LogP contribution is 2.25. The third-order valence-corrected chi connectivity index (χ3v) is 5.29. The van der Waals surface area contributed by atoms with Gasteiger partial charge in [0.15, 0.2) is 5.96 Å². The van der Waals surface area contributed by atoms with Gasteiger partial charge in [-0.05, 0) is 50.5 Å². The Morgan fingerprint density at radius 3 is 2.56 bits per heavy atom. The number of rotatable bonds is 8. The Bertz CT molecular complexity index is 502. The summed E-state index contributed by atoms with van der Waals surface area (Å²) >= 11 is 2.07. The van der Waals surface area contributed by atoms with E-state index in [9.17, 15) is 0 Å². The third-order valence-electron chi connectivity index (χ3n) is 3.89. The predicted octanol–water partition coefficient (Wildman–Crippen LogP) is 4.18. The minimum absolute atomic E-state index is 0. The molecular weight excluding hydrogens is 445 g/mol. The largest absolute Gasteiger partial charge is 0.374 e. The van der Waals surface area contributed by atoms with Crippen LogP contribution in [0, 0.1) is 0 Å². The summed E-state index contributed by atoms with van der Waals surface area (Å²) in [4.78, 5) is 4.70. The van der Waals surface area contributed by atoms with E-state index in [4.69, 9.17) is 9.73 Å². The average molecular weight is 477 g/mol. The van der Waals surface area contributed by atoms with Gasteiger partial charge in [0.05, 0.1) is 19.3 Å². The van der Waals surface area contributed by atoms with Crippen LogP contribution in [-0.2, 0) is 17.9 Å². The van der Waals surface area contributed by atoms with Gasteiger partial charge in [0.25, 0.3) is 0 Å². The van der Waals surface area contributed by atoms with E-state index >= 15 is 0 Å². The highest BCUT2D eigenvalue weighted by atomic mass is 127. The zero-order chi connectivity index (χ0) is 17.2. The Kier molecular flexibility index (Phi) is 11.6. The standard InChI is InChI=1S/C19H31N3OS.HI/c1-4-20-19(22-13-18-6-5-11-24-18)21-12-16-7-9-17(10-8-16)14-23-15(2)3;/h7-10,15,18H,4-6,11-14H2,1-3H3,(H2,20,21,22);1H. The number of hydrogen-bond acceptors (Lipinski definition) is 3. The van der Waals surface area contributed by atoms with E-state index in [2.05, 4.69) is 67.4 Å². The van der Waals surface area contributed by atoms with Crippen molar-refractivity contribution in [3.8, 4) is 0 Å². The quantitative estimate of drug-likeness (QED) is 0.335. The summed E-state index contributed by atoms with van der Waals surface area (Å²) < 4.78 is 5.63. The Hall–Kier alpha value is -0.470. The summed E-state index contributed by atoms with van der Waals surface area (Å²) in [7, 11) is 0. The van der Waals surface area contributed by atoms with Crippen molar-refractivity contribution in [2.75, 3.05) is 18.8 Å². The maximum atomic E-state index is 5.63. The van der Waals surface area contributed by atoms with Crippen molar-refractivity contribution >= 4 is 41.7 Å². The summed E-state index contributed by atoms with van der Waals surface area (Å²) in [5.41, 5.74) is 2.43. The molecule has 1 heterocycles. The van der Waals surface area contributed by atoms with Crippen LogP contribution in [0.15, 0.2) is 29.3 Å². The van der Waals surface area contributed by atoms with E-state index in [-0.39, 0.29) is 30.1 Å². The van der Waals surface area contributed by atoms with Crippen molar-refractivity contribution in [1.29, 1.82) is 0 Å². The number of aliphatic imine (C=N–C) groups is 1. The minimum atomic E-state index is 0. The summed E-state index contributed by atoms with van der Waals surface area (Å²) in [6.45, 7) is 9.47. The monoisotopic (exact) mass is 477 g/mol. The van der Waals surface area contributed by atoms with Crippen molar-refractivity contribution in [1.82, 2.24) is 10.6 Å². The van der Waals surface area contributed by atoms with Crippen LogP contribution in [0.4, 0.5) is 0 Å². The van der Waals surface area contributed by atoms with Gasteiger partial charge in [0.2, 0.25) is 0 Å². The van der Waals surface area contributed by atoms with Gasteiger partial charge in [-0.25, -0.2) is 4.99 Å². The molecule has 1 aliphatic heterocycles. The molecule has 1 aromatic rings. The molecule has 0 aliphatic carbocycles. The first-order valence-corrected chi connectivity index (χ1v) is 10.1. The Balaban J connectivity index is 0.00000312. The van der Waals surface area contributed by atoms with Gasteiger partial charge in [-0.15, -0.1) is 24.0 Å². The molecule has 6 heteroatoms. The van der Waals surface area contributed by atoms with Crippen molar-refractivity contribution in [3.63, 3.8) is 0 Å². The van der Waals surface area contributed by atoms with Gasteiger partial charge >= 0.3 is 0 Å². The lowest BCUT2D eigenvalue weighted by molar-refractivity contribution is 0.0657. The molecule has 2 N–H and O–H groups in total. The van der Waals surface area contributed by atoms with Crippen molar-refractivity contribution in [2.24, 2.45) is 4.99 Å². The van der Waals surface area contributed by atoms with Crippen LogP contribution >= 0.6 is 35.7 Å². The zero-order valence-corrected chi connectivity index (χ0v) is 18.7. The first kappa shape index (κ1) is 22.6. The van der Waals surface area contributed by atoms with Gasteiger partial charge in [-0.2, -0.15) is 11.8 Å². The van der Waals surface area contributed by atoms with Gasteiger partial charge in [-0.1, -0.05) is 24.3 Å². The summed E-state index contributed by atoms with van der Waals surface area (Å²) in [6, 6.07) is 8.53. The molecule has 0 radical (unpaired) electrons. The highest BCUT2D eigenvalue weighted by molar-refractivity contribution is 14.0. The third kappa shape index (κ3) is 9.15. The molecule has 0 bridgehead atoms.